The average Bonchev–Trinajstić information content (AvgIpc) is 2.61. The van der Waals surface area contributed by atoms with Crippen LogP contribution < -0.4 is 4.74 Å². The lowest BCUT2D eigenvalue weighted by Gasteiger charge is -2.37. The van der Waals surface area contributed by atoms with Gasteiger partial charge in [0.15, 0.2) is 0 Å². The molecule has 2 fully saturated rings. The number of aryl methyl sites for hydroxylation is 1. The Morgan fingerprint density at radius 1 is 0.846 bits per heavy atom. The summed E-state index contributed by atoms with van der Waals surface area (Å²) < 4.78 is 40.5. The number of thiol groups is 1. The summed E-state index contributed by atoms with van der Waals surface area (Å²) in [6.45, 7) is 0. The van der Waals surface area contributed by atoms with Crippen LogP contribution in [0.4, 0.5) is 13.2 Å². The third kappa shape index (κ3) is 6.11. The highest BCUT2D eigenvalue weighted by atomic mass is 32.1. The molecule has 5 heteroatoms. The van der Waals surface area contributed by atoms with Crippen molar-refractivity contribution in [2.24, 2.45) is 17.8 Å². The van der Waals surface area contributed by atoms with E-state index in [-0.39, 0.29) is 5.75 Å². The first kappa shape index (κ1) is 19.9. The molecular weight excluding hydrogens is 357 g/mol. The molecule has 1 nitrogen and oxygen atoms in total. The van der Waals surface area contributed by atoms with E-state index in [1.54, 1.807) is 12.1 Å². The summed E-state index contributed by atoms with van der Waals surface area (Å²) in [6, 6.07) is 6.33. The lowest BCUT2D eigenvalue weighted by atomic mass is 9.70. The number of halogens is 3. The lowest BCUT2D eigenvalue weighted by Crippen LogP contribution is -2.26. The number of hydrogen-bond donors (Lipinski definition) is 1. The summed E-state index contributed by atoms with van der Waals surface area (Å²) in [5.41, 5.74) is 1.09. The third-order valence-corrected chi connectivity index (χ3v) is 6.81. The van der Waals surface area contributed by atoms with Gasteiger partial charge in [-0.25, -0.2) is 0 Å². The fourth-order valence-corrected chi connectivity index (χ4v) is 5.05. The Morgan fingerprint density at radius 3 is 1.92 bits per heavy atom. The van der Waals surface area contributed by atoms with E-state index in [4.69, 9.17) is 0 Å². The molecule has 2 aliphatic rings. The Balaban J connectivity index is 1.38. The first-order valence-corrected chi connectivity index (χ1v) is 10.4. The van der Waals surface area contributed by atoms with Crippen molar-refractivity contribution >= 4 is 12.6 Å². The summed E-state index contributed by atoms with van der Waals surface area (Å²) in [5.74, 6) is 2.45. The van der Waals surface area contributed by atoms with Crippen LogP contribution in [0.2, 0.25) is 0 Å². The highest BCUT2D eigenvalue weighted by molar-refractivity contribution is 7.80. The Bertz CT molecular complexity index is 541. The largest absolute Gasteiger partial charge is 0.573 e. The topological polar surface area (TPSA) is 9.23 Å². The van der Waals surface area contributed by atoms with E-state index in [2.05, 4.69) is 17.4 Å². The molecule has 0 saturated heterocycles. The second kappa shape index (κ2) is 8.90. The van der Waals surface area contributed by atoms with E-state index in [1.807, 2.05) is 0 Å². The molecule has 1 aromatic carbocycles. The molecule has 0 spiro atoms. The number of ether oxygens (including phenoxy) is 1. The zero-order chi connectivity index (χ0) is 18.6. The van der Waals surface area contributed by atoms with Gasteiger partial charge in [0.1, 0.15) is 5.75 Å². The van der Waals surface area contributed by atoms with Crippen molar-refractivity contribution in [3.63, 3.8) is 0 Å². The van der Waals surface area contributed by atoms with Crippen molar-refractivity contribution in [2.45, 2.75) is 75.8 Å². The molecule has 2 saturated carbocycles. The molecular formula is C21H29F3OS. The quantitative estimate of drug-likeness (QED) is 0.547. The van der Waals surface area contributed by atoms with Crippen molar-refractivity contribution in [1.82, 2.24) is 0 Å². The monoisotopic (exact) mass is 386 g/mol. The molecule has 0 N–H and O–H groups in total. The average molecular weight is 387 g/mol. The van der Waals surface area contributed by atoms with Gasteiger partial charge in [0.05, 0.1) is 0 Å². The maximum atomic E-state index is 12.2. The molecule has 0 aliphatic heterocycles. The van der Waals surface area contributed by atoms with E-state index in [1.165, 1.54) is 63.5 Å². The van der Waals surface area contributed by atoms with Gasteiger partial charge in [-0.2, -0.15) is 12.6 Å². The van der Waals surface area contributed by atoms with Crippen LogP contribution in [0.5, 0.6) is 5.75 Å². The normalized spacial score (nSPS) is 30.2. The van der Waals surface area contributed by atoms with Crippen molar-refractivity contribution in [3.05, 3.63) is 29.8 Å². The van der Waals surface area contributed by atoms with Crippen LogP contribution >= 0.6 is 12.6 Å². The van der Waals surface area contributed by atoms with Crippen molar-refractivity contribution in [2.75, 3.05) is 0 Å². The minimum atomic E-state index is -4.62. The van der Waals surface area contributed by atoms with Gasteiger partial charge in [0.2, 0.25) is 0 Å². The van der Waals surface area contributed by atoms with Crippen molar-refractivity contribution in [3.8, 4) is 5.75 Å². The molecule has 0 radical (unpaired) electrons. The summed E-state index contributed by atoms with van der Waals surface area (Å²) in [6.07, 6.45) is 8.04. The van der Waals surface area contributed by atoms with Gasteiger partial charge in [-0.05, 0) is 86.8 Å². The molecule has 0 bridgehead atoms. The van der Waals surface area contributed by atoms with Gasteiger partial charge in [-0.15, -0.1) is 13.2 Å². The number of rotatable bonds is 5. The van der Waals surface area contributed by atoms with Crippen LogP contribution in [0.15, 0.2) is 24.3 Å². The van der Waals surface area contributed by atoms with Gasteiger partial charge in [0, 0.05) is 5.25 Å². The molecule has 1 aromatic rings. The highest BCUT2D eigenvalue weighted by Crippen LogP contribution is 2.41. The molecule has 0 atom stereocenters. The number of alkyl halides is 3. The Morgan fingerprint density at radius 2 is 1.38 bits per heavy atom. The van der Waals surface area contributed by atoms with Crippen LogP contribution in [-0.4, -0.2) is 11.6 Å². The summed E-state index contributed by atoms with van der Waals surface area (Å²) in [4.78, 5) is 0. The number of hydrogen-bond acceptors (Lipinski definition) is 2. The zero-order valence-electron chi connectivity index (χ0n) is 15.2. The molecule has 0 unspecified atom stereocenters. The summed E-state index contributed by atoms with van der Waals surface area (Å²) >= 11 is 4.61. The summed E-state index contributed by atoms with van der Waals surface area (Å²) in [7, 11) is 0. The third-order valence-electron chi connectivity index (χ3n) is 6.30. The molecule has 0 amide bonds. The maximum absolute atomic E-state index is 12.2. The van der Waals surface area contributed by atoms with Crippen LogP contribution in [0.3, 0.4) is 0 Å². The fourth-order valence-electron chi connectivity index (χ4n) is 4.75. The lowest BCUT2D eigenvalue weighted by molar-refractivity contribution is -0.274. The zero-order valence-corrected chi connectivity index (χ0v) is 16.1. The smallest absolute Gasteiger partial charge is 0.406 e. The Labute approximate surface area is 160 Å². The van der Waals surface area contributed by atoms with E-state index >= 15 is 0 Å². The molecule has 3 rings (SSSR count). The minimum absolute atomic E-state index is 0.141. The van der Waals surface area contributed by atoms with Gasteiger partial charge >= 0.3 is 6.36 Å². The van der Waals surface area contributed by atoms with Gasteiger partial charge in [-0.3, -0.25) is 0 Å². The van der Waals surface area contributed by atoms with E-state index < -0.39 is 6.36 Å². The van der Waals surface area contributed by atoms with Gasteiger partial charge in [0.25, 0.3) is 0 Å². The molecule has 26 heavy (non-hydrogen) atoms. The molecule has 0 aromatic heterocycles. The number of benzene rings is 1. The van der Waals surface area contributed by atoms with Crippen molar-refractivity contribution < 1.29 is 17.9 Å². The SMILES string of the molecule is FC(F)(F)Oc1ccc(CCC2CCC(C3CCC(S)CC3)CC2)cc1. The van der Waals surface area contributed by atoms with Crippen LogP contribution in [-0.2, 0) is 6.42 Å². The predicted octanol–water partition coefficient (Wildman–Crippen LogP) is 6.81. The minimum Gasteiger partial charge on any atom is -0.406 e. The fraction of sp³-hybridized carbons (Fsp3) is 0.714. The predicted molar refractivity (Wildman–Crippen MR) is 102 cm³/mol. The maximum Gasteiger partial charge on any atom is 0.573 e. The van der Waals surface area contributed by atoms with E-state index in [0.717, 1.165) is 36.2 Å². The molecule has 2 aliphatic carbocycles. The molecule has 146 valence electrons. The summed E-state index contributed by atoms with van der Waals surface area (Å²) in [5, 5.41) is 0.621. The van der Waals surface area contributed by atoms with Gasteiger partial charge < -0.3 is 4.74 Å². The van der Waals surface area contributed by atoms with E-state index in [9.17, 15) is 13.2 Å². The van der Waals surface area contributed by atoms with Crippen LogP contribution in [0.1, 0.15) is 63.4 Å². The van der Waals surface area contributed by atoms with Crippen LogP contribution in [0.25, 0.3) is 0 Å². The van der Waals surface area contributed by atoms with Gasteiger partial charge in [-0.1, -0.05) is 25.0 Å². The first-order valence-electron chi connectivity index (χ1n) is 9.92. The second-order valence-corrected chi connectivity index (χ2v) is 8.81. The Kier molecular flexibility index (Phi) is 6.81. The Hall–Kier alpha value is -0.840. The van der Waals surface area contributed by atoms with Crippen molar-refractivity contribution in [1.29, 1.82) is 0 Å². The van der Waals surface area contributed by atoms with Crippen LogP contribution in [0, 0.1) is 17.8 Å². The molecule has 0 heterocycles. The van der Waals surface area contributed by atoms with E-state index in [0.29, 0.717) is 5.25 Å². The highest BCUT2D eigenvalue weighted by Gasteiger charge is 2.31. The standard InChI is InChI=1S/C21H29F3OS/c22-21(23,24)25-19-11-5-16(6-12-19)2-1-15-3-7-17(8-4-15)18-9-13-20(26)14-10-18/h5-6,11-12,15,17-18,20,26H,1-4,7-10,13-14H2. The second-order valence-electron chi connectivity index (χ2n) is 8.08. The first-order chi connectivity index (χ1) is 12.4.